The van der Waals surface area contributed by atoms with E-state index in [0.717, 1.165) is 22.0 Å². The second kappa shape index (κ2) is 6.56. The molecule has 1 aliphatic carbocycles. The molecule has 1 saturated carbocycles. The van der Waals surface area contributed by atoms with Crippen LogP contribution < -0.4 is 5.32 Å². The minimum atomic E-state index is 0.0672. The summed E-state index contributed by atoms with van der Waals surface area (Å²) in [5.41, 5.74) is 1.81. The van der Waals surface area contributed by atoms with Gasteiger partial charge in [0, 0.05) is 16.1 Å². The van der Waals surface area contributed by atoms with E-state index >= 15 is 0 Å². The molecule has 0 saturated heterocycles. The average molecular weight is 324 g/mol. The first-order valence-electron chi connectivity index (χ1n) is 7.15. The van der Waals surface area contributed by atoms with Crippen molar-refractivity contribution in [1.82, 2.24) is 5.32 Å². The van der Waals surface area contributed by atoms with Gasteiger partial charge in [0.1, 0.15) is 0 Å². The van der Waals surface area contributed by atoms with Gasteiger partial charge in [-0.15, -0.1) is 0 Å². The molecule has 1 aromatic rings. The third-order valence-electron chi connectivity index (χ3n) is 4.12. The number of rotatable bonds is 2. The molecule has 3 heteroatoms. The van der Waals surface area contributed by atoms with Gasteiger partial charge >= 0.3 is 0 Å². The molecule has 0 aliphatic heterocycles. The fourth-order valence-electron chi connectivity index (χ4n) is 2.79. The Morgan fingerprint density at radius 2 is 2.00 bits per heavy atom. The first-order valence-corrected chi connectivity index (χ1v) is 7.94. The summed E-state index contributed by atoms with van der Waals surface area (Å²) in [6.07, 6.45) is 6.16. The van der Waals surface area contributed by atoms with Crippen molar-refractivity contribution in [3.8, 4) is 0 Å². The van der Waals surface area contributed by atoms with Gasteiger partial charge in [0.2, 0.25) is 0 Å². The quantitative estimate of drug-likeness (QED) is 0.800. The van der Waals surface area contributed by atoms with E-state index in [1.54, 1.807) is 0 Å². The number of hydrogen-bond acceptors (Lipinski definition) is 1. The van der Waals surface area contributed by atoms with Crippen LogP contribution in [0.2, 0.25) is 0 Å². The Labute approximate surface area is 124 Å². The zero-order valence-corrected chi connectivity index (χ0v) is 13.3. The minimum absolute atomic E-state index is 0.0672. The summed E-state index contributed by atoms with van der Waals surface area (Å²) in [4.78, 5) is 12.4. The van der Waals surface area contributed by atoms with Gasteiger partial charge < -0.3 is 5.32 Å². The molecule has 0 bridgehead atoms. The molecule has 19 heavy (non-hydrogen) atoms. The van der Waals surface area contributed by atoms with Crippen LogP contribution in [0, 0.1) is 12.8 Å². The highest BCUT2D eigenvalue weighted by Gasteiger charge is 2.22. The van der Waals surface area contributed by atoms with Crippen LogP contribution >= 0.6 is 15.9 Å². The Morgan fingerprint density at radius 1 is 1.26 bits per heavy atom. The predicted molar refractivity (Wildman–Crippen MR) is 82.4 cm³/mol. The van der Waals surface area contributed by atoms with Gasteiger partial charge in [-0.1, -0.05) is 48.2 Å². The van der Waals surface area contributed by atoms with Crippen LogP contribution in [-0.4, -0.2) is 11.9 Å². The highest BCUT2D eigenvalue weighted by Crippen LogP contribution is 2.24. The Hall–Kier alpha value is -0.830. The van der Waals surface area contributed by atoms with E-state index < -0.39 is 0 Å². The van der Waals surface area contributed by atoms with Crippen molar-refractivity contribution in [2.45, 2.75) is 52.0 Å². The lowest BCUT2D eigenvalue weighted by Crippen LogP contribution is -2.39. The number of halogens is 1. The maximum atomic E-state index is 12.4. The van der Waals surface area contributed by atoms with Gasteiger partial charge in [0.25, 0.3) is 5.91 Å². The number of hydrogen-bond donors (Lipinski definition) is 1. The average Bonchev–Trinajstić information content (AvgIpc) is 2.58. The molecule has 1 aromatic carbocycles. The summed E-state index contributed by atoms with van der Waals surface area (Å²) in [5, 5.41) is 3.23. The molecule has 0 aromatic heterocycles. The smallest absolute Gasteiger partial charge is 0.251 e. The molecule has 1 amide bonds. The minimum Gasteiger partial charge on any atom is -0.349 e. The number of benzene rings is 1. The van der Waals surface area contributed by atoms with Gasteiger partial charge in [-0.05, 0) is 43.4 Å². The van der Waals surface area contributed by atoms with Crippen molar-refractivity contribution in [3.63, 3.8) is 0 Å². The fourth-order valence-corrected chi connectivity index (χ4v) is 3.15. The fraction of sp³-hybridized carbons (Fsp3) is 0.562. The summed E-state index contributed by atoms with van der Waals surface area (Å²) in [5.74, 6) is 0.649. The Balaban J connectivity index is 2.09. The molecule has 1 fully saturated rings. The number of carbonyl (C=O) groups is 1. The number of nitrogens with one attached hydrogen (secondary N) is 1. The number of amides is 1. The first kappa shape index (κ1) is 14.6. The summed E-state index contributed by atoms with van der Waals surface area (Å²) in [7, 11) is 0. The zero-order chi connectivity index (χ0) is 13.8. The second-order valence-corrected chi connectivity index (χ2v) is 6.57. The van der Waals surface area contributed by atoms with Crippen LogP contribution in [0.15, 0.2) is 22.7 Å². The monoisotopic (exact) mass is 323 g/mol. The van der Waals surface area contributed by atoms with E-state index in [4.69, 9.17) is 0 Å². The van der Waals surface area contributed by atoms with E-state index in [-0.39, 0.29) is 5.91 Å². The van der Waals surface area contributed by atoms with Crippen LogP contribution in [0.5, 0.6) is 0 Å². The maximum Gasteiger partial charge on any atom is 0.251 e. The van der Waals surface area contributed by atoms with Gasteiger partial charge in [-0.3, -0.25) is 4.79 Å². The van der Waals surface area contributed by atoms with Crippen LogP contribution in [0.25, 0.3) is 0 Å². The van der Waals surface area contributed by atoms with Gasteiger partial charge in [0.15, 0.2) is 0 Å². The Morgan fingerprint density at radius 3 is 2.79 bits per heavy atom. The molecule has 0 heterocycles. The van der Waals surface area contributed by atoms with Crippen molar-refractivity contribution >= 4 is 21.8 Å². The molecule has 0 radical (unpaired) electrons. The Bertz CT molecular complexity index is 458. The first-order chi connectivity index (χ1) is 9.08. The van der Waals surface area contributed by atoms with Crippen LogP contribution in [-0.2, 0) is 0 Å². The molecule has 1 aliphatic rings. The van der Waals surface area contributed by atoms with Crippen molar-refractivity contribution in [3.05, 3.63) is 33.8 Å². The van der Waals surface area contributed by atoms with E-state index in [1.807, 2.05) is 25.1 Å². The summed E-state index contributed by atoms with van der Waals surface area (Å²) in [6, 6.07) is 6.19. The molecule has 2 nitrogen and oxygen atoms in total. The van der Waals surface area contributed by atoms with Crippen molar-refractivity contribution in [2.24, 2.45) is 5.92 Å². The summed E-state index contributed by atoms with van der Waals surface area (Å²) < 4.78 is 0.956. The van der Waals surface area contributed by atoms with E-state index in [9.17, 15) is 4.79 Å². The van der Waals surface area contributed by atoms with Crippen LogP contribution in [0.3, 0.4) is 0 Å². The third-order valence-corrected chi connectivity index (χ3v) is 4.62. The molecule has 2 atom stereocenters. The molecule has 1 N–H and O–H groups in total. The topological polar surface area (TPSA) is 29.1 Å². The van der Waals surface area contributed by atoms with E-state index in [0.29, 0.717) is 12.0 Å². The van der Waals surface area contributed by atoms with Crippen molar-refractivity contribution in [2.75, 3.05) is 0 Å². The highest BCUT2D eigenvalue weighted by molar-refractivity contribution is 9.10. The third kappa shape index (κ3) is 3.82. The van der Waals surface area contributed by atoms with Crippen molar-refractivity contribution < 1.29 is 4.79 Å². The predicted octanol–water partition coefficient (Wildman–Crippen LogP) is 4.46. The summed E-state index contributed by atoms with van der Waals surface area (Å²) >= 11 is 3.43. The van der Waals surface area contributed by atoms with Crippen molar-refractivity contribution in [1.29, 1.82) is 0 Å². The Kier molecular flexibility index (Phi) is 5.03. The van der Waals surface area contributed by atoms with Gasteiger partial charge in [0.05, 0.1) is 0 Å². The maximum absolute atomic E-state index is 12.4. The lowest BCUT2D eigenvalue weighted by atomic mass is 9.96. The SMILES string of the molecule is Cc1ccc(Br)cc1C(=O)NC1CCCCCC1C. The summed E-state index contributed by atoms with van der Waals surface area (Å²) in [6.45, 7) is 4.24. The molecular weight excluding hydrogens is 302 g/mol. The van der Waals surface area contributed by atoms with E-state index in [2.05, 4.69) is 28.2 Å². The number of carbonyl (C=O) groups excluding carboxylic acids is 1. The number of aryl methyl sites for hydroxylation is 1. The zero-order valence-electron chi connectivity index (χ0n) is 11.7. The molecule has 104 valence electrons. The van der Waals surface area contributed by atoms with Gasteiger partial charge in [-0.2, -0.15) is 0 Å². The molecular formula is C16H22BrNO. The highest BCUT2D eigenvalue weighted by atomic mass is 79.9. The molecule has 2 unspecified atom stereocenters. The standard InChI is InChI=1S/C16H22BrNO/c1-11-8-9-13(17)10-14(11)16(19)18-15-7-5-3-4-6-12(15)2/h8-10,12,15H,3-7H2,1-2H3,(H,18,19). The lowest BCUT2D eigenvalue weighted by Gasteiger charge is -2.23. The largest absolute Gasteiger partial charge is 0.349 e. The lowest BCUT2D eigenvalue weighted by molar-refractivity contribution is 0.0921. The van der Waals surface area contributed by atoms with Gasteiger partial charge in [-0.25, -0.2) is 0 Å². The molecule has 2 rings (SSSR count). The van der Waals surface area contributed by atoms with E-state index in [1.165, 1.54) is 25.7 Å². The normalized spacial score (nSPS) is 23.7. The molecule has 0 spiro atoms. The second-order valence-electron chi connectivity index (χ2n) is 5.65. The van der Waals surface area contributed by atoms with Crippen LogP contribution in [0.1, 0.15) is 54.9 Å². The van der Waals surface area contributed by atoms with Crippen LogP contribution in [0.4, 0.5) is 0 Å².